The highest BCUT2D eigenvalue weighted by atomic mass is 16.2. The van der Waals surface area contributed by atoms with Crippen LogP contribution >= 0.6 is 0 Å². The molecule has 0 aromatic heterocycles. The highest BCUT2D eigenvalue weighted by molar-refractivity contribution is 6.00. The summed E-state index contributed by atoms with van der Waals surface area (Å²) in [5.74, 6) is 0.273. The molecule has 0 saturated carbocycles. The summed E-state index contributed by atoms with van der Waals surface area (Å²) in [5, 5.41) is 2.96. The molecule has 0 fully saturated rings. The van der Waals surface area contributed by atoms with E-state index in [1.807, 2.05) is 56.3 Å². The van der Waals surface area contributed by atoms with Gasteiger partial charge in [-0.05, 0) is 55.0 Å². The average Bonchev–Trinajstić information content (AvgIpc) is 2.61. The lowest BCUT2D eigenvalue weighted by Gasteiger charge is -2.15. The van der Waals surface area contributed by atoms with Crippen molar-refractivity contribution in [1.29, 1.82) is 0 Å². The second-order valence-electron chi connectivity index (χ2n) is 6.67. The van der Waals surface area contributed by atoms with Gasteiger partial charge in [0, 0.05) is 24.1 Å². The summed E-state index contributed by atoms with van der Waals surface area (Å²) >= 11 is 0. The van der Waals surface area contributed by atoms with E-state index in [1.165, 1.54) is 0 Å². The number of carbonyl (C=O) groups is 2. The normalized spacial score (nSPS) is 11.8. The number of amides is 1. The molecule has 2 rings (SSSR count). The first kappa shape index (κ1) is 18.9. The Kier molecular flexibility index (Phi) is 6.51. The summed E-state index contributed by atoms with van der Waals surface area (Å²) in [7, 11) is 0. The Labute approximate surface area is 150 Å². The number of anilines is 1. The van der Waals surface area contributed by atoms with Gasteiger partial charge in [0.1, 0.15) is 0 Å². The van der Waals surface area contributed by atoms with Crippen LogP contribution in [-0.2, 0) is 4.79 Å². The summed E-state index contributed by atoms with van der Waals surface area (Å²) in [5.41, 5.74) is 4.92. The van der Waals surface area contributed by atoms with Gasteiger partial charge in [-0.3, -0.25) is 9.59 Å². The topological polar surface area (TPSA) is 46.2 Å². The minimum Gasteiger partial charge on any atom is -0.326 e. The Hall–Kier alpha value is -2.42. The lowest BCUT2D eigenvalue weighted by molar-refractivity contribution is -0.116. The van der Waals surface area contributed by atoms with E-state index in [4.69, 9.17) is 0 Å². The molecule has 0 radical (unpaired) electrons. The van der Waals surface area contributed by atoms with Crippen molar-refractivity contribution in [3.63, 3.8) is 0 Å². The number of nitrogens with one attached hydrogen (secondary N) is 1. The zero-order valence-corrected chi connectivity index (χ0v) is 15.6. The fourth-order valence-corrected chi connectivity index (χ4v) is 2.76. The van der Waals surface area contributed by atoms with Crippen molar-refractivity contribution >= 4 is 17.4 Å². The van der Waals surface area contributed by atoms with E-state index >= 15 is 0 Å². The van der Waals surface area contributed by atoms with Crippen molar-refractivity contribution in [3.05, 3.63) is 64.7 Å². The molecule has 1 atom stereocenters. The van der Waals surface area contributed by atoms with Gasteiger partial charge in [-0.1, -0.05) is 44.2 Å². The lowest BCUT2D eigenvalue weighted by Crippen LogP contribution is -2.15. The van der Waals surface area contributed by atoms with Crippen molar-refractivity contribution in [1.82, 2.24) is 0 Å². The Morgan fingerprint density at radius 1 is 1.00 bits per heavy atom. The third-order valence-corrected chi connectivity index (χ3v) is 4.79. The fourth-order valence-electron chi connectivity index (χ4n) is 2.76. The number of aryl methyl sites for hydroxylation is 2. The molecule has 132 valence electrons. The third kappa shape index (κ3) is 5.02. The highest BCUT2D eigenvalue weighted by Gasteiger charge is 2.13. The second-order valence-corrected chi connectivity index (χ2v) is 6.67. The van der Waals surface area contributed by atoms with Crippen molar-refractivity contribution in [2.75, 3.05) is 5.32 Å². The van der Waals surface area contributed by atoms with E-state index in [0.29, 0.717) is 11.5 Å². The average molecular weight is 337 g/mol. The molecule has 1 unspecified atom stereocenters. The van der Waals surface area contributed by atoms with Gasteiger partial charge in [-0.2, -0.15) is 0 Å². The maximum absolute atomic E-state index is 12.3. The van der Waals surface area contributed by atoms with Crippen LogP contribution in [0.4, 0.5) is 5.69 Å². The number of benzene rings is 2. The number of ketones is 1. The van der Waals surface area contributed by atoms with Crippen LogP contribution in [0.1, 0.15) is 66.1 Å². The zero-order valence-electron chi connectivity index (χ0n) is 15.6. The first-order valence-electron chi connectivity index (χ1n) is 8.91. The minimum absolute atomic E-state index is 0.00783. The van der Waals surface area contributed by atoms with Gasteiger partial charge < -0.3 is 5.32 Å². The van der Waals surface area contributed by atoms with Gasteiger partial charge in [0.2, 0.25) is 5.91 Å². The monoisotopic (exact) mass is 337 g/mol. The summed E-state index contributed by atoms with van der Waals surface area (Å²) < 4.78 is 0. The molecule has 3 heteroatoms. The van der Waals surface area contributed by atoms with Gasteiger partial charge in [0.15, 0.2) is 5.78 Å². The molecular formula is C22H27NO2. The molecule has 0 bridgehead atoms. The first-order valence-corrected chi connectivity index (χ1v) is 8.91. The van der Waals surface area contributed by atoms with Crippen LogP contribution < -0.4 is 5.32 Å². The van der Waals surface area contributed by atoms with E-state index in [2.05, 4.69) is 19.2 Å². The van der Waals surface area contributed by atoms with Crippen LogP contribution in [0.15, 0.2) is 42.5 Å². The number of hydrogen-bond donors (Lipinski definition) is 1. The van der Waals surface area contributed by atoms with E-state index in [-0.39, 0.29) is 24.5 Å². The standard InChI is InChI=1S/C22H27NO2/c1-5-15(2)19-8-6-7-9-20(19)23-22(25)13-12-21(24)18-11-10-16(3)17(4)14-18/h6-11,14-15H,5,12-13H2,1-4H3,(H,23,25). The maximum Gasteiger partial charge on any atom is 0.224 e. The molecule has 1 amide bonds. The molecule has 2 aromatic rings. The van der Waals surface area contributed by atoms with Crippen molar-refractivity contribution in [2.45, 2.75) is 52.9 Å². The van der Waals surface area contributed by atoms with Gasteiger partial charge >= 0.3 is 0 Å². The molecule has 0 aliphatic rings. The molecular weight excluding hydrogens is 310 g/mol. The molecule has 0 spiro atoms. The predicted molar refractivity (Wildman–Crippen MR) is 103 cm³/mol. The van der Waals surface area contributed by atoms with Crippen molar-refractivity contribution in [2.24, 2.45) is 0 Å². The summed E-state index contributed by atoms with van der Waals surface area (Å²) in [6.07, 6.45) is 1.43. The SMILES string of the molecule is CCC(C)c1ccccc1NC(=O)CCC(=O)c1ccc(C)c(C)c1. The zero-order chi connectivity index (χ0) is 18.4. The quantitative estimate of drug-likeness (QED) is 0.686. The summed E-state index contributed by atoms with van der Waals surface area (Å²) in [6.45, 7) is 8.29. The molecule has 1 N–H and O–H groups in total. The molecule has 3 nitrogen and oxygen atoms in total. The molecule has 0 aliphatic carbocycles. The van der Waals surface area contributed by atoms with Crippen LogP contribution in [0.3, 0.4) is 0 Å². The van der Waals surface area contributed by atoms with Crippen LogP contribution in [0.5, 0.6) is 0 Å². The fraction of sp³-hybridized carbons (Fsp3) is 0.364. The van der Waals surface area contributed by atoms with Gasteiger partial charge in [-0.15, -0.1) is 0 Å². The van der Waals surface area contributed by atoms with Crippen molar-refractivity contribution in [3.8, 4) is 0 Å². The van der Waals surface area contributed by atoms with Crippen LogP contribution in [-0.4, -0.2) is 11.7 Å². The minimum atomic E-state index is -0.118. The number of para-hydroxylation sites is 1. The van der Waals surface area contributed by atoms with E-state index in [1.54, 1.807) is 0 Å². The highest BCUT2D eigenvalue weighted by Crippen LogP contribution is 2.26. The second kappa shape index (κ2) is 8.61. The van der Waals surface area contributed by atoms with Gasteiger partial charge in [-0.25, -0.2) is 0 Å². The van der Waals surface area contributed by atoms with Gasteiger partial charge in [0.05, 0.1) is 0 Å². The Morgan fingerprint density at radius 3 is 2.40 bits per heavy atom. The Bertz CT molecular complexity index is 764. The van der Waals surface area contributed by atoms with E-state index < -0.39 is 0 Å². The first-order chi connectivity index (χ1) is 11.9. The largest absolute Gasteiger partial charge is 0.326 e. The molecule has 0 aliphatic heterocycles. The Balaban J connectivity index is 1.97. The summed E-state index contributed by atoms with van der Waals surface area (Å²) in [4.78, 5) is 24.6. The van der Waals surface area contributed by atoms with Crippen LogP contribution in [0, 0.1) is 13.8 Å². The number of Topliss-reactive ketones (excluding diaryl/α,β-unsaturated/α-hetero) is 1. The van der Waals surface area contributed by atoms with E-state index in [0.717, 1.165) is 28.8 Å². The van der Waals surface area contributed by atoms with Crippen molar-refractivity contribution < 1.29 is 9.59 Å². The molecule has 2 aromatic carbocycles. The predicted octanol–water partition coefficient (Wildman–Crippen LogP) is 5.42. The molecule has 0 saturated heterocycles. The lowest BCUT2D eigenvalue weighted by atomic mass is 9.96. The number of hydrogen-bond acceptors (Lipinski definition) is 2. The van der Waals surface area contributed by atoms with Crippen LogP contribution in [0.2, 0.25) is 0 Å². The maximum atomic E-state index is 12.3. The Morgan fingerprint density at radius 2 is 1.72 bits per heavy atom. The molecule has 25 heavy (non-hydrogen) atoms. The third-order valence-electron chi connectivity index (χ3n) is 4.79. The number of rotatable bonds is 7. The smallest absolute Gasteiger partial charge is 0.224 e. The van der Waals surface area contributed by atoms with E-state index in [9.17, 15) is 9.59 Å². The molecule has 0 heterocycles. The number of carbonyl (C=O) groups excluding carboxylic acids is 2. The summed E-state index contributed by atoms with van der Waals surface area (Å²) in [6, 6.07) is 13.6. The van der Waals surface area contributed by atoms with Crippen LogP contribution in [0.25, 0.3) is 0 Å². The van der Waals surface area contributed by atoms with Gasteiger partial charge in [0.25, 0.3) is 0 Å².